The summed E-state index contributed by atoms with van der Waals surface area (Å²) in [4.78, 5) is 0. The van der Waals surface area contributed by atoms with E-state index in [-0.39, 0.29) is 11.5 Å². The smallest absolute Gasteiger partial charge is 0.127 e. The van der Waals surface area contributed by atoms with E-state index in [4.69, 9.17) is 9.47 Å². The van der Waals surface area contributed by atoms with Crippen molar-refractivity contribution in [3.63, 3.8) is 0 Å². The molecule has 0 fully saturated rings. The number of phenols is 2. The van der Waals surface area contributed by atoms with Crippen LogP contribution in [0.3, 0.4) is 0 Å². The van der Waals surface area contributed by atoms with E-state index in [1.807, 2.05) is 24.3 Å². The van der Waals surface area contributed by atoms with Crippen molar-refractivity contribution in [1.82, 2.24) is 0 Å². The third-order valence-electron chi connectivity index (χ3n) is 9.69. The molecule has 0 amide bonds. The van der Waals surface area contributed by atoms with Crippen LogP contribution in [-0.4, -0.2) is 23.4 Å². The highest BCUT2D eigenvalue weighted by atomic mass is 16.5. The van der Waals surface area contributed by atoms with Gasteiger partial charge in [0.15, 0.2) is 0 Å². The van der Waals surface area contributed by atoms with E-state index >= 15 is 0 Å². The third-order valence-corrected chi connectivity index (χ3v) is 9.69. The number of rotatable bonds is 25. The molecular formula is C44H62O4. The van der Waals surface area contributed by atoms with Crippen molar-refractivity contribution in [2.45, 2.75) is 142 Å². The standard InChI is InChI=1S/C44H62O4/c1-3-5-7-9-11-13-15-17-19-21-31-47-41-29-25-35-23-27-37(45)33-39(35)43(41)44-40-34-38(46)28-24-36(40)26-30-42(44)48-32-22-20-18-16-14-12-10-8-6-4-2/h23-30,33-34,45-46H,3-22,31-32H2,1-2H3. The molecule has 4 aromatic rings. The highest BCUT2D eigenvalue weighted by Crippen LogP contribution is 2.47. The van der Waals surface area contributed by atoms with Crippen molar-refractivity contribution in [3.05, 3.63) is 60.7 Å². The van der Waals surface area contributed by atoms with Gasteiger partial charge in [0.1, 0.15) is 23.0 Å². The first-order valence-corrected chi connectivity index (χ1v) is 19.4. The second-order valence-corrected chi connectivity index (χ2v) is 13.7. The number of phenolic OH excluding ortho intramolecular Hbond substituents is 2. The first-order valence-electron chi connectivity index (χ1n) is 19.4. The summed E-state index contributed by atoms with van der Waals surface area (Å²) in [6.07, 6.45) is 25.6. The minimum absolute atomic E-state index is 0.214. The van der Waals surface area contributed by atoms with E-state index in [0.717, 1.165) is 69.9 Å². The molecule has 4 heteroatoms. The van der Waals surface area contributed by atoms with Crippen molar-refractivity contribution in [3.8, 4) is 34.1 Å². The molecule has 0 aromatic heterocycles. The van der Waals surface area contributed by atoms with E-state index in [0.29, 0.717) is 13.2 Å². The Bertz CT molecular complexity index is 1380. The van der Waals surface area contributed by atoms with Gasteiger partial charge in [0.05, 0.1) is 13.2 Å². The van der Waals surface area contributed by atoms with Gasteiger partial charge in [-0.15, -0.1) is 0 Å². The maximum Gasteiger partial charge on any atom is 0.127 e. The van der Waals surface area contributed by atoms with Crippen LogP contribution in [0, 0.1) is 0 Å². The normalized spacial score (nSPS) is 11.5. The fraction of sp³-hybridized carbons (Fsp3) is 0.545. The van der Waals surface area contributed by atoms with E-state index in [2.05, 4.69) is 38.1 Å². The summed E-state index contributed by atoms with van der Waals surface area (Å²) in [5, 5.41) is 25.1. The first kappa shape index (κ1) is 37.4. The van der Waals surface area contributed by atoms with Crippen LogP contribution in [0.5, 0.6) is 23.0 Å². The Balaban J connectivity index is 1.47. The SMILES string of the molecule is CCCCCCCCCCCCOc1ccc2ccc(O)cc2c1-c1c(OCCCCCCCCCCCC)ccc2ccc(O)cc12. The summed E-state index contributed by atoms with van der Waals surface area (Å²) >= 11 is 0. The van der Waals surface area contributed by atoms with Gasteiger partial charge in [-0.25, -0.2) is 0 Å². The van der Waals surface area contributed by atoms with Crippen molar-refractivity contribution >= 4 is 21.5 Å². The molecule has 0 bridgehead atoms. The molecule has 0 spiro atoms. The van der Waals surface area contributed by atoms with Gasteiger partial charge in [0.25, 0.3) is 0 Å². The average molecular weight is 655 g/mol. The molecule has 0 saturated carbocycles. The summed E-state index contributed by atoms with van der Waals surface area (Å²) in [6, 6.07) is 19.3. The molecule has 4 rings (SSSR count). The molecule has 262 valence electrons. The maximum absolute atomic E-state index is 10.6. The predicted octanol–water partition coefficient (Wildman–Crippen LogP) is 13.7. The Morgan fingerprint density at radius 3 is 1.06 bits per heavy atom. The minimum atomic E-state index is 0.214. The number of hydrogen-bond acceptors (Lipinski definition) is 4. The Kier molecular flexibility index (Phi) is 16.8. The number of hydrogen-bond donors (Lipinski definition) is 2. The highest BCUT2D eigenvalue weighted by molar-refractivity contribution is 6.10. The lowest BCUT2D eigenvalue weighted by atomic mass is 9.92. The first-order chi connectivity index (χ1) is 23.6. The Morgan fingerprint density at radius 2 is 0.708 bits per heavy atom. The van der Waals surface area contributed by atoms with Crippen LogP contribution in [0.1, 0.15) is 142 Å². The molecule has 2 N–H and O–H groups in total. The van der Waals surface area contributed by atoms with Gasteiger partial charge in [-0.3, -0.25) is 0 Å². The maximum atomic E-state index is 10.6. The second-order valence-electron chi connectivity index (χ2n) is 13.7. The molecule has 0 atom stereocenters. The molecule has 0 aliphatic rings. The van der Waals surface area contributed by atoms with Crippen LogP contribution in [0.4, 0.5) is 0 Å². The number of fused-ring (bicyclic) bond motifs is 2. The molecule has 0 unspecified atom stereocenters. The monoisotopic (exact) mass is 654 g/mol. The summed E-state index contributed by atoms with van der Waals surface area (Å²) < 4.78 is 13.1. The fourth-order valence-corrected chi connectivity index (χ4v) is 6.87. The molecule has 0 radical (unpaired) electrons. The zero-order chi connectivity index (χ0) is 33.8. The number of ether oxygens (including phenoxy) is 2. The lowest BCUT2D eigenvalue weighted by molar-refractivity contribution is 0.301. The van der Waals surface area contributed by atoms with Crippen LogP contribution >= 0.6 is 0 Å². The minimum Gasteiger partial charge on any atom is -0.508 e. The van der Waals surface area contributed by atoms with E-state index in [9.17, 15) is 10.2 Å². The van der Waals surface area contributed by atoms with E-state index < -0.39 is 0 Å². The summed E-state index contributed by atoms with van der Waals surface area (Å²) in [5.41, 5.74) is 1.81. The average Bonchev–Trinajstić information content (AvgIpc) is 3.09. The largest absolute Gasteiger partial charge is 0.508 e. The summed E-state index contributed by atoms with van der Waals surface area (Å²) in [6.45, 7) is 5.82. The number of aromatic hydroxyl groups is 2. The Hall–Kier alpha value is -3.40. The molecular weight excluding hydrogens is 592 g/mol. The predicted molar refractivity (Wildman–Crippen MR) is 205 cm³/mol. The zero-order valence-electron chi connectivity index (χ0n) is 30.0. The van der Waals surface area contributed by atoms with Gasteiger partial charge in [-0.2, -0.15) is 0 Å². The van der Waals surface area contributed by atoms with Gasteiger partial charge in [-0.1, -0.05) is 154 Å². The Morgan fingerprint density at radius 1 is 0.396 bits per heavy atom. The van der Waals surface area contributed by atoms with E-state index in [1.165, 1.54) is 103 Å². The molecule has 0 saturated heterocycles. The number of benzene rings is 4. The van der Waals surface area contributed by atoms with Crippen molar-refractivity contribution in [2.75, 3.05) is 13.2 Å². The van der Waals surface area contributed by atoms with Gasteiger partial charge < -0.3 is 19.7 Å². The lowest BCUT2D eigenvalue weighted by Crippen LogP contribution is -2.03. The summed E-state index contributed by atoms with van der Waals surface area (Å²) in [5.74, 6) is 1.99. The third kappa shape index (κ3) is 11.9. The molecule has 0 heterocycles. The van der Waals surface area contributed by atoms with Crippen LogP contribution in [0.15, 0.2) is 60.7 Å². The second kappa shape index (κ2) is 21.5. The lowest BCUT2D eigenvalue weighted by Gasteiger charge is -2.20. The molecule has 0 aliphatic carbocycles. The van der Waals surface area contributed by atoms with Gasteiger partial charge in [0.2, 0.25) is 0 Å². The topological polar surface area (TPSA) is 58.9 Å². The molecule has 4 aromatic carbocycles. The van der Waals surface area contributed by atoms with Gasteiger partial charge >= 0.3 is 0 Å². The quantitative estimate of drug-likeness (QED) is 0.0698. The highest BCUT2D eigenvalue weighted by Gasteiger charge is 2.20. The van der Waals surface area contributed by atoms with Gasteiger partial charge in [0, 0.05) is 11.1 Å². The zero-order valence-corrected chi connectivity index (χ0v) is 30.0. The summed E-state index contributed by atoms with van der Waals surface area (Å²) in [7, 11) is 0. The molecule has 48 heavy (non-hydrogen) atoms. The van der Waals surface area contributed by atoms with E-state index in [1.54, 1.807) is 12.1 Å². The van der Waals surface area contributed by atoms with Crippen LogP contribution in [-0.2, 0) is 0 Å². The van der Waals surface area contributed by atoms with Crippen LogP contribution in [0.25, 0.3) is 32.7 Å². The molecule has 0 aliphatic heterocycles. The molecule has 4 nitrogen and oxygen atoms in total. The Labute approximate surface area is 290 Å². The number of unbranched alkanes of at least 4 members (excludes halogenated alkanes) is 18. The van der Waals surface area contributed by atoms with Crippen molar-refractivity contribution in [2.24, 2.45) is 0 Å². The van der Waals surface area contributed by atoms with Crippen molar-refractivity contribution < 1.29 is 19.7 Å². The van der Waals surface area contributed by atoms with Crippen LogP contribution < -0.4 is 9.47 Å². The van der Waals surface area contributed by atoms with Crippen LogP contribution in [0.2, 0.25) is 0 Å². The fourth-order valence-electron chi connectivity index (χ4n) is 6.87. The van der Waals surface area contributed by atoms with Crippen molar-refractivity contribution in [1.29, 1.82) is 0 Å². The van der Waals surface area contributed by atoms with Gasteiger partial charge in [-0.05, 0) is 70.8 Å².